The Morgan fingerprint density at radius 3 is 2.95 bits per heavy atom. The van der Waals surface area contributed by atoms with Crippen molar-refractivity contribution in [2.45, 2.75) is 33.1 Å². The van der Waals surface area contributed by atoms with Gasteiger partial charge in [-0.05, 0) is 37.0 Å². The molecule has 3 rings (SSSR count). The molecule has 0 unspecified atom stereocenters. The maximum atomic E-state index is 11.7. The number of carbonyl (C=O) groups is 1. The van der Waals surface area contributed by atoms with Crippen molar-refractivity contribution in [3.63, 3.8) is 0 Å². The molecule has 0 radical (unpaired) electrons. The van der Waals surface area contributed by atoms with E-state index in [9.17, 15) is 4.79 Å². The fraction of sp³-hybridized carbons (Fsp3) is 0.467. The normalized spacial score (nSPS) is 15.1. The number of carbonyl (C=O) groups excluding carboxylic acids is 1. The van der Waals surface area contributed by atoms with Gasteiger partial charge in [-0.2, -0.15) is 0 Å². The first-order valence-corrected chi connectivity index (χ1v) is 6.91. The number of rotatable bonds is 4. The molecule has 4 nitrogen and oxygen atoms in total. The van der Waals surface area contributed by atoms with Crippen LogP contribution in [-0.2, 0) is 11.2 Å². The standard InChI is InChI=1S/C15H19N3O/c1-9(2)7-14-17-12-6-5-11(8-13(12)18-14)16-15(19)10-3-4-10/h5-6,8-10H,3-4,7H2,1-2H3,(H,16,19)(H,17,18). The molecule has 2 aromatic rings. The number of amides is 1. The number of imidazole rings is 1. The predicted octanol–water partition coefficient (Wildman–Crippen LogP) is 3.11. The van der Waals surface area contributed by atoms with Crippen molar-refractivity contribution in [3.05, 3.63) is 24.0 Å². The quantitative estimate of drug-likeness (QED) is 0.884. The lowest BCUT2D eigenvalue weighted by atomic mass is 10.1. The van der Waals surface area contributed by atoms with Crippen molar-refractivity contribution in [2.24, 2.45) is 11.8 Å². The molecule has 4 heteroatoms. The van der Waals surface area contributed by atoms with Gasteiger partial charge in [-0.1, -0.05) is 13.8 Å². The minimum Gasteiger partial charge on any atom is -0.342 e. The highest BCUT2D eigenvalue weighted by atomic mass is 16.2. The summed E-state index contributed by atoms with van der Waals surface area (Å²) in [4.78, 5) is 19.6. The first kappa shape index (κ1) is 12.2. The van der Waals surface area contributed by atoms with Gasteiger partial charge in [0.15, 0.2) is 0 Å². The predicted molar refractivity (Wildman–Crippen MR) is 76.0 cm³/mol. The summed E-state index contributed by atoms with van der Waals surface area (Å²) >= 11 is 0. The zero-order chi connectivity index (χ0) is 13.4. The molecule has 0 atom stereocenters. The molecule has 0 aliphatic heterocycles. The largest absolute Gasteiger partial charge is 0.342 e. The Morgan fingerprint density at radius 1 is 1.47 bits per heavy atom. The SMILES string of the molecule is CC(C)Cc1nc2ccc(NC(=O)C3CC3)cc2[nH]1. The highest BCUT2D eigenvalue weighted by molar-refractivity contribution is 5.95. The van der Waals surface area contributed by atoms with Crippen molar-refractivity contribution in [1.82, 2.24) is 9.97 Å². The zero-order valence-electron chi connectivity index (χ0n) is 11.4. The summed E-state index contributed by atoms with van der Waals surface area (Å²) in [5.41, 5.74) is 2.80. The van der Waals surface area contributed by atoms with Crippen molar-refractivity contribution >= 4 is 22.6 Å². The van der Waals surface area contributed by atoms with Gasteiger partial charge in [0.1, 0.15) is 5.82 Å². The average Bonchev–Trinajstić information content (AvgIpc) is 3.10. The number of hydrogen-bond donors (Lipinski definition) is 2. The first-order valence-electron chi connectivity index (χ1n) is 6.91. The Hall–Kier alpha value is -1.84. The number of nitrogens with zero attached hydrogens (tertiary/aromatic N) is 1. The van der Waals surface area contributed by atoms with Crippen molar-refractivity contribution < 1.29 is 4.79 Å². The minimum absolute atomic E-state index is 0.140. The molecule has 1 fully saturated rings. The van der Waals surface area contributed by atoms with Gasteiger partial charge in [0.25, 0.3) is 0 Å². The summed E-state index contributed by atoms with van der Waals surface area (Å²) in [7, 11) is 0. The zero-order valence-corrected chi connectivity index (χ0v) is 11.4. The van der Waals surface area contributed by atoms with Gasteiger partial charge >= 0.3 is 0 Å². The van der Waals surface area contributed by atoms with Crippen molar-refractivity contribution in [1.29, 1.82) is 0 Å². The third-order valence-electron chi connectivity index (χ3n) is 3.35. The third kappa shape index (κ3) is 2.78. The van der Waals surface area contributed by atoms with E-state index in [0.29, 0.717) is 5.92 Å². The molecule has 0 bridgehead atoms. The highest BCUT2D eigenvalue weighted by Crippen LogP contribution is 2.30. The molecule has 0 spiro atoms. The minimum atomic E-state index is 0.140. The molecule has 1 amide bonds. The Kier molecular flexibility index (Phi) is 3.01. The van der Waals surface area contributed by atoms with E-state index in [4.69, 9.17) is 0 Å². The van der Waals surface area contributed by atoms with Crippen LogP contribution in [0.1, 0.15) is 32.5 Å². The second-order valence-corrected chi connectivity index (χ2v) is 5.78. The van der Waals surface area contributed by atoms with E-state index in [1.54, 1.807) is 0 Å². The number of nitrogens with one attached hydrogen (secondary N) is 2. The maximum Gasteiger partial charge on any atom is 0.227 e. The van der Waals surface area contributed by atoms with Crippen LogP contribution in [0.3, 0.4) is 0 Å². The topological polar surface area (TPSA) is 57.8 Å². The van der Waals surface area contributed by atoms with Gasteiger partial charge in [-0.15, -0.1) is 0 Å². The van der Waals surface area contributed by atoms with Gasteiger partial charge < -0.3 is 10.3 Å². The summed E-state index contributed by atoms with van der Waals surface area (Å²) in [5, 5.41) is 2.96. The fourth-order valence-corrected chi connectivity index (χ4v) is 2.21. The summed E-state index contributed by atoms with van der Waals surface area (Å²) in [6.07, 6.45) is 2.99. The Morgan fingerprint density at radius 2 is 2.26 bits per heavy atom. The first-order chi connectivity index (χ1) is 9.11. The molecule has 1 saturated carbocycles. The number of aromatic nitrogens is 2. The maximum absolute atomic E-state index is 11.7. The van der Waals surface area contributed by atoms with E-state index in [1.807, 2.05) is 18.2 Å². The van der Waals surface area contributed by atoms with Crippen LogP contribution in [0.15, 0.2) is 18.2 Å². The van der Waals surface area contributed by atoms with E-state index in [2.05, 4.69) is 29.1 Å². The monoisotopic (exact) mass is 257 g/mol. The van der Waals surface area contributed by atoms with Crippen molar-refractivity contribution in [2.75, 3.05) is 5.32 Å². The lowest BCUT2D eigenvalue weighted by molar-refractivity contribution is -0.117. The van der Waals surface area contributed by atoms with Crippen LogP contribution in [0.2, 0.25) is 0 Å². The number of hydrogen-bond acceptors (Lipinski definition) is 2. The third-order valence-corrected chi connectivity index (χ3v) is 3.35. The van der Waals surface area contributed by atoms with E-state index in [-0.39, 0.29) is 11.8 Å². The second-order valence-electron chi connectivity index (χ2n) is 5.78. The molecule has 1 heterocycles. The van der Waals surface area contributed by atoms with Gasteiger partial charge in [0, 0.05) is 18.0 Å². The Bertz CT molecular complexity index is 611. The molecule has 100 valence electrons. The molecule has 1 aromatic heterocycles. The average molecular weight is 257 g/mol. The van der Waals surface area contributed by atoms with Crippen LogP contribution < -0.4 is 5.32 Å². The Balaban J connectivity index is 1.81. The Labute approximate surface area is 112 Å². The van der Waals surface area contributed by atoms with Crippen LogP contribution in [0.5, 0.6) is 0 Å². The molecular weight excluding hydrogens is 238 g/mol. The summed E-state index contributed by atoms with van der Waals surface area (Å²) in [6, 6.07) is 5.84. The number of benzene rings is 1. The summed E-state index contributed by atoms with van der Waals surface area (Å²) in [5.74, 6) is 1.96. The summed E-state index contributed by atoms with van der Waals surface area (Å²) in [6.45, 7) is 4.35. The van der Waals surface area contributed by atoms with E-state index in [1.165, 1.54) is 0 Å². The lowest BCUT2D eigenvalue weighted by Crippen LogP contribution is -2.12. The van der Waals surface area contributed by atoms with E-state index in [0.717, 1.165) is 41.8 Å². The highest BCUT2D eigenvalue weighted by Gasteiger charge is 2.29. The van der Waals surface area contributed by atoms with E-state index < -0.39 is 0 Å². The molecule has 1 aliphatic carbocycles. The second kappa shape index (κ2) is 4.68. The number of fused-ring (bicyclic) bond motifs is 1. The van der Waals surface area contributed by atoms with Crippen LogP contribution in [-0.4, -0.2) is 15.9 Å². The van der Waals surface area contributed by atoms with Gasteiger partial charge in [0.05, 0.1) is 11.0 Å². The number of H-pyrrole nitrogens is 1. The molecule has 0 saturated heterocycles. The van der Waals surface area contributed by atoms with Gasteiger partial charge in [-0.3, -0.25) is 4.79 Å². The van der Waals surface area contributed by atoms with E-state index >= 15 is 0 Å². The smallest absolute Gasteiger partial charge is 0.227 e. The van der Waals surface area contributed by atoms with Crippen LogP contribution >= 0.6 is 0 Å². The molecule has 1 aliphatic rings. The van der Waals surface area contributed by atoms with Gasteiger partial charge in [0.2, 0.25) is 5.91 Å². The van der Waals surface area contributed by atoms with Crippen LogP contribution in [0, 0.1) is 11.8 Å². The van der Waals surface area contributed by atoms with Crippen molar-refractivity contribution in [3.8, 4) is 0 Å². The lowest BCUT2D eigenvalue weighted by Gasteiger charge is -2.03. The number of aromatic amines is 1. The molecular formula is C15H19N3O. The number of anilines is 1. The molecule has 1 aromatic carbocycles. The molecule has 2 N–H and O–H groups in total. The van der Waals surface area contributed by atoms with Crippen LogP contribution in [0.25, 0.3) is 11.0 Å². The van der Waals surface area contributed by atoms with Gasteiger partial charge in [-0.25, -0.2) is 4.98 Å². The molecule has 19 heavy (non-hydrogen) atoms. The fourth-order valence-electron chi connectivity index (χ4n) is 2.21. The summed E-state index contributed by atoms with van der Waals surface area (Å²) < 4.78 is 0. The van der Waals surface area contributed by atoms with Crippen LogP contribution in [0.4, 0.5) is 5.69 Å².